The molecule has 5 rings (SSSR count). The predicted molar refractivity (Wildman–Crippen MR) is 171 cm³/mol. The molecule has 0 saturated heterocycles. The quantitative estimate of drug-likeness (QED) is 0.217. The molecule has 10 heteroatoms. The van der Waals surface area contributed by atoms with Crippen molar-refractivity contribution in [2.45, 2.75) is 39.8 Å². The van der Waals surface area contributed by atoms with Crippen LogP contribution in [0.1, 0.15) is 60.3 Å². The third-order valence-electron chi connectivity index (χ3n) is 7.19. The van der Waals surface area contributed by atoms with Crippen molar-refractivity contribution in [2.75, 3.05) is 20.3 Å². The van der Waals surface area contributed by atoms with E-state index in [1.807, 2.05) is 68.4 Å². The van der Waals surface area contributed by atoms with Crippen molar-refractivity contribution in [1.29, 1.82) is 0 Å². The van der Waals surface area contributed by atoms with Gasteiger partial charge in [0.1, 0.15) is 6.61 Å². The van der Waals surface area contributed by atoms with Gasteiger partial charge in [-0.1, -0.05) is 66.8 Å². The first-order valence-corrected chi connectivity index (χ1v) is 15.5. The fourth-order valence-electron chi connectivity index (χ4n) is 5.08. The molecule has 1 aliphatic heterocycles. The van der Waals surface area contributed by atoms with Crippen LogP contribution in [0.5, 0.6) is 11.5 Å². The second-order valence-electron chi connectivity index (χ2n) is 10.0. The van der Waals surface area contributed by atoms with E-state index in [2.05, 4.69) is 0 Å². The Bertz CT molecular complexity index is 1910. The highest BCUT2D eigenvalue weighted by molar-refractivity contribution is 7.07. The van der Waals surface area contributed by atoms with Gasteiger partial charge < -0.3 is 18.9 Å². The first-order chi connectivity index (χ1) is 21.9. The van der Waals surface area contributed by atoms with Crippen molar-refractivity contribution in [3.63, 3.8) is 0 Å². The summed E-state index contributed by atoms with van der Waals surface area (Å²) >= 11 is 1.27. The minimum atomic E-state index is -0.659. The number of nitrogens with zero attached hydrogens (tertiary/aromatic N) is 2. The number of aromatic nitrogens is 1. The van der Waals surface area contributed by atoms with Crippen LogP contribution in [0.25, 0.3) is 6.08 Å². The summed E-state index contributed by atoms with van der Waals surface area (Å²) in [6.07, 6.45) is 2.30. The molecule has 0 amide bonds. The van der Waals surface area contributed by atoms with Crippen LogP contribution in [0.15, 0.2) is 93.9 Å². The van der Waals surface area contributed by atoms with Gasteiger partial charge in [0.2, 0.25) is 0 Å². The number of hydrogen-bond donors (Lipinski definition) is 0. The zero-order valence-corrected chi connectivity index (χ0v) is 26.4. The highest BCUT2D eigenvalue weighted by Crippen LogP contribution is 2.32. The summed E-state index contributed by atoms with van der Waals surface area (Å²) in [5.74, 6) is 0.206. The van der Waals surface area contributed by atoms with Crippen molar-refractivity contribution in [3.8, 4) is 11.5 Å². The Morgan fingerprint density at radius 2 is 1.67 bits per heavy atom. The molecule has 232 valence electrons. The summed E-state index contributed by atoms with van der Waals surface area (Å²) in [6, 6.07) is 21.3. The van der Waals surface area contributed by atoms with Gasteiger partial charge in [-0.15, -0.1) is 0 Å². The standard InChI is InChI=1S/C35H34N2O7S/c1-5-26-30(34(40)41-4)31(24-11-9-8-10-12-24)37-32(38)29(45-35(37)36-26)20-23-15-18-27(28(19-23)42-6-2)44-21-22-13-16-25(17-14-22)33(39)43-7-3/h8-20,31H,5-7,21H2,1-4H3/b29-20+/t31-/m1/s1. The van der Waals surface area contributed by atoms with E-state index in [4.69, 9.17) is 23.9 Å². The molecule has 1 aliphatic rings. The summed E-state index contributed by atoms with van der Waals surface area (Å²) in [5.41, 5.74) is 3.60. The lowest BCUT2D eigenvalue weighted by atomic mass is 9.95. The molecule has 45 heavy (non-hydrogen) atoms. The number of thiazole rings is 1. The average molecular weight is 627 g/mol. The van der Waals surface area contributed by atoms with Crippen molar-refractivity contribution in [3.05, 3.63) is 126 Å². The molecular weight excluding hydrogens is 592 g/mol. The Hall–Kier alpha value is -4.96. The summed E-state index contributed by atoms with van der Waals surface area (Å²) in [5, 5.41) is 0. The highest BCUT2D eigenvalue weighted by Gasteiger charge is 2.33. The fraction of sp³-hybridized carbons (Fsp3) is 0.257. The predicted octanol–water partition coefficient (Wildman–Crippen LogP) is 4.95. The van der Waals surface area contributed by atoms with E-state index >= 15 is 0 Å². The van der Waals surface area contributed by atoms with Crippen LogP contribution < -0.4 is 24.4 Å². The first-order valence-electron chi connectivity index (χ1n) is 14.7. The number of hydrogen-bond acceptors (Lipinski definition) is 9. The molecule has 0 spiro atoms. The topological polar surface area (TPSA) is 105 Å². The summed E-state index contributed by atoms with van der Waals surface area (Å²) in [6.45, 7) is 6.58. The Labute approximate surface area is 264 Å². The van der Waals surface area contributed by atoms with Crippen LogP contribution in [0, 0.1) is 0 Å². The zero-order valence-electron chi connectivity index (χ0n) is 25.6. The normalized spacial score (nSPS) is 14.4. The summed E-state index contributed by atoms with van der Waals surface area (Å²) < 4.78 is 24.2. The van der Waals surface area contributed by atoms with Gasteiger partial charge in [0.05, 0.1) is 47.7 Å². The Morgan fingerprint density at radius 1 is 0.911 bits per heavy atom. The number of methoxy groups -OCH3 is 1. The average Bonchev–Trinajstić information content (AvgIpc) is 3.37. The number of ether oxygens (including phenoxy) is 4. The zero-order chi connectivity index (χ0) is 31.9. The molecule has 0 saturated carbocycles. The van der Waals surface area contributed by atoms with Crippen molar-refractivity contribution in [2.24, 2.45) is 4.99 Å². The fourth-order valence-corrected chi connectivity index (χ4v) is 6.10. The largest absolute Gasteiger partial charge is 0.490 e. The molecule has 0 aliphatic carbocycles. The molecule has 2 heterocycles. The number of fused-ring (bicyclic) bond motifs is 1. The first kappa shape index (κ1) is 31.5. The minimum Gasteiger partial charge on any atom is -0.490 e. The SMILES string of the molecule is CCOC(=O)c1ccc(COc2ccc(/C=c3/sc4n(c3=O)[C@H](c3ccccc3)C(C(=O)OC)=C(CC)N=4)cc2OCC)cc1. The van der Waals surface area contributed by atoms with Crippen molar-refractivity contribution < 1.29 is 28.5 Å². The van der Waals surface area contributed by atoms with Crippen molar-refractivity contribution in [1.82, 2.24) is 4.57 Å². The number of allylic oxidation sites excluding steroid dienone is 1. The monoisotopic (exact) mass is 626 g/mol. The van der Waals surface area contributed by atoms with Gasteiger partial charge in [-0.05, 0) is 67.3 Å². The van der Waals surface area contributed by atoms with E-state index < -0.39 is 12.0 Å². The third kappa shape index (κ3) is 6.76. The van der Waals surface area contributed by atoms with E-state index in [0.717, 1.165) is 16.7 Å². The lowest BCUT2D eigenvalue weighted by Crippen LogP contribution is -2.40. The smallest absolute Gasteiger partial charge is 0.338 e. The van der Waals surface area contributed by atoms with E-state index in [0.29, 0.717) is 57.3 Å². The molecule has 0 fully saturated rings. The third-order valence-corrected chi connectivity index (χ3v) is 8.17. The Kier molecular flexibility index (Phi) is 9.94. The molecule has 0 radical (unpaired) electrons. The molecule has 1 atom stereocenters. The number of esters is 2. The van der Waals surface area contributed by atoms with Crippen LogP contribution >= 0.6 is 11.3 Å². The van der Waals surface area contributed by atoms with Crippen LogP contribution in [0.4, 0.5) is 0 Å². The second kappa shape index (κ2) is 14.2. The number of benzene rings is 3. The maximum Gasteiger partial charge on any atom is 0.338 e. The van der Waals surface area contributed by atoms with Gasteiger partial charge in [-0.3, -0.25) is 9.36 Å². The Balaban J connectivity index is 1.48. The molecular formula is C35H34N2O7S. The molecule has 9 nitrogen and oxygen atoms in total. The molecule has 0 unspecified atom stereocenters. The van der Waals surface area contributed by atoms with Gasteiger partial charge in [0, 0.05) is 0 Å². The molecule has 0 N–H and O–H groups in total. The maximum absolute atomic E-state index is 13.9. The summed E-state index contributed by atoms with van der Waals surface area (Å²) in [7, 11) is 1.33. The van der Waals surface area contributed by atoms with E-state index in [9.17, 15) is 14.4 Å². The van der Waals surface area contributed by atoms with E-state index in [-0.39, 0.29) is 18.1 Å². The van der Waals surface area contributed by atoms with Gasteiger partial charge in [0.25, 0.3) is 5.56 Å². The molecule has 0 bridgehead atoms. The van der Waals surface area contributed by atoms with Crippen LogP contribution in [0.2, 0.25) is 0 Å². The van der Waals surface area contributed by atoms with Crippen LogP contribution in [-0.2, 0) is 20.9 Å². The number of carbonyl (C=O) groups is 2. The van der Waals surface area contributed by atoms with Gasteiger partial charge in [-0.2, -0.15) is 0 Å². The highest BCUT2D eigenvalue weighted by atomic mass is 32.1. The second-order valence-corrected chi connectivity index (χ2v) is 11.1. The molecule has 3 aromatic carbocycles. The van der Waals surface area contributed by atoms with Gasteiger partial charge in [-0.25, -0.2) is 14.6 Å². The maximum atomic E-state index is 13.9. The Morgan fingerprint density at radius 3 is 2.33 bits per heavy atom. The molecule has 4 aromatic rings. The van der Waals surface area contributed by atoms with Crippen LogP contribution in [-0.4, -0.2) is 36.8 Å². The minimum absolute atomic E-state index is 0.256. The van der Waals surface area contributed by atoms with Crippen molar-refractivity contribution >= 4 is 29.4 Å². The van der Waals surface area contributed by atoms with Crippen LogP contribution in [0.3, 0.4) is 0 Å². The van der Waals surface area contributed by atoms with E-state index in [1.54, 1.807) is 35.8 Å². The van der Waals surface area contributed by atoms with Gasteiger partial charge >= 0.3 is 11.9 Å². The number of carbonyl (C=O) groups excluding carboxylic acids is 2. The summed E-state index contributed by atoms with van der Waals surface area (Å²) in [4.78, 5) is 44.1. The lowest BCUT2D eigenvalue weighted by Gasteiger charge is -2.25. The molecule has 1 aromatic heterocycles. The number of rotatable bonds is 11. The van der Waals surface area contributed by atoms with E-state index in [1.165, 1.54) is 18.4 Å². The van der Waals surface area contributed by atoms with Gasteiger partial charge in [0.15, 0.2) is 16.3 Å². The lowest BCUT2D eigenvalue weighted by molar-refractivity contribution is -0.136.